The highest BCUT2D eigenvalue weighted by Crippen LogP contribution is 2.03. The summed E-state index contributed by atoms with van der Waals surface area (Å²) in [6.45, 7) is 1.86. The number of rotatable bonds is 4. The van der Waals surface area contributed by atoms with E-state index >= 15 is 0 Å². The van der Waals surface area contributed by atoms with Crippen LogP contribution in [0.5, 0.6) is 0 Å². The van der Waals surface area contributed by atoms with Crippen LogP contribution in [0.2, 0.25) is 0 Å². The van der Waals surface area contributed by atoms with Crippen LogP contribution in [0, 0.1) is 6.92 Å². The van der Waals surface area contributed by atoms with Crippen LogP contribution in [0.15, 0.2) is 29.6 Å². The Labute approximate surface area is 98.4 Å². The zero-order chi connectivity index (χ0) is 12.3. The third kappa shape index (κ3) is 2.86. The molecule has 90 valence electrons. The van der Waals surface area contributed by atoms with Gasteiger partial charge in [0, 0.05) is 6.20 Å². The highest BCUT2D eigenvalue weighted by Gasteiger charge is 2.14. The fourth-order valence-electron chi connectivity index (χ4n) is 1.24. The molecule has 2 N–H and O–H groups in total. The van der Waals surface area contributed by atoms with Gasteiger partial charge in [0.2, 0.25) is 0 Å². The predicted molar refractivity (Wildman–Crippen MR) is 59.4 cm³/mol. The molecule has 0 aliphatic heterocycles. The van der Waals surface area contributed by atoms with Crippen LogP contribution in [-0.2, 0) is 16.6 Å². The van der Waals surface area contributed by atoms with Crippen molar-refractivity contribution in [3.8, 4) is 0 Å². The first-order valence-electron chi connectivity index (χ1n) is 4.85. The summed E-state index contributed by atoms with van der Waals surface area (Å²) in [5.74, 6) is 0.600. The molecule has 0 amide bonds. The predicted octanol–water partition coefficient (Wildman–Crippen LogP) is -0.0134. The molecule has 0 aromatic carbocycles. The van der Waals surface area contributed by atoms with Gasteiger partial charge in [-0.25, -0.2) is 23.1 Å². The van der Waals surface area contributed by atoms with Crippen molar-refractivity contribution in [1.29, 1.82) is 0 Å². The van der Waals surface area contributed by atoms with Crippen LogP contribution < -0.4 is 4.72 Å². The molecule has 0 fully saturated rings. The van der Waals surface area contributed by atoms with Crippen LogP contribution in [0.1, 0.15) is 11.5 Å². The number of aromatic nitrogens is 4. The average Bonchev–Trinajstić information content (AvgIpc) is 2.81. The molecule has 7 nitrogen and oxygen atoms in total. The largest absolute Gasteiger partial charge is 0.266 e. The number of H-pyrrole nitrogens is 1. The van der Waals surface area contributed by atoms with E-state index in [-0.39, 0.29) is 11.6 Å². The third-order valence-electron chi connectivity index (χ3n) is 2.04. The Balaban J connectivity index is 2.08. The van der Waals surface area contributed by atoms with Crippen molar-refractivity contribution in [2.45, 2.75) is 18.5 Å². The molecular formula is C9H11N5O2S. The molecule has 0 bridgehead atoms. The maximum atomic E-state index is 11.7. The zero-order valence-corrected chi connectivity index (χ0v) is 9.90. The van der Waals surface area contributed by atoms with Crippen LogP contribution in [0.4, 0.5) is 0 Å². The summed E-state index contributed by atoms with van der Waals surface area (Å²) in [4.78, 5) is 8.02. The van der Waals surface area contributed by atoms with Gasteiger partial charge >= 0.3 is 0 Å². The highest BCUT2D eigenvalue weighted by atomic mass is 32.2. The fraction of sp³-hybridized carbons (Fsp3) is 0.222. The summed E-state index contributed by atoms with van der Waals surface area (Å²) in [6, 6.07) is 3.04. The molecule has 0 spiro atoms. The van der Waals surface area contributed by atoms with Gasteiger partial charge in [-0.1, -0.05) is 0 Å². The molecule has 0 atom stereocenters. The highest BCUT2D eigenvalue weighted by molar-refractivity contribution is 7.89. The number of nitrogens with zero attached hydrogens (tertiary/aromatic N) is 3. The molecule has 2 heterocycles. The van der Waals surface area contributed by atoms with Gasteiger partial charge in [0.15, 0.2) is 5.03 Å². The number of nitrogens with one attached hydrogen (secondary N) is 2. The van der Waals surface area contributed by atoms with Crippen LogP contribution in [0.25, 0.3) is 0 Å². The minimum Gasteiger partial charge on any atom is -0.266 e. The molecule has 2 aromatic rings. The molecule has 17 heavy (non-hydrogen) atoms. The second-order valence-electron chi connectivity index (χ2n) is 3.34. The van der Waals surface area contributed by atoms with Gasteiger partial charge in [-0.3, -0.25) is 5.10 Å². The van der Waals surface area contributed by atoms with E-state index in [0.717, 1.165) is 0 Å². The summed E-state index contributed by atoms with van der Waals surface area (Å²) >= 11 is 0. The summed E-state index contributed by atoms with van der Waals surface area (Å²) in [7, 11) is -3.56. The Kier molecular flexibility index (Phi) is 3.16. The number of hydrogen-bond acceptors (Lipinski definition) is 5. The molecule has 0 unspecified atom stereocenters. The first kappa shape index (κ1) is 11.7. The van der Waals surface area contributed by atoms with Crippen LogP contribution >= 0.6 is 0 Å². The van der Waals surface area contributed by atoms with E-state index in [9.17, 15) is 8.42 Å². The van der Waals surface area contributed by atoms with E-state index in [4.69, 9.17) is 0 Å². The van der Waals surface area contributed by atoms with Gasteiger partial charge < -0.3 is 0 Å². The molecule has 0 radical (unpaired) electrons. The minimum absolute atomic E-state index is 0.0308. The lowest BCUT2D eigenvalue weighted by Gasteiger charge is -2.04. The smallest absolute Gasteiger partial charge is 0.257 e. The van der Waals surface area contributed by atoms with Gasteiger partial charge in [-0.15, -0.1) is 0 Å². The Morgan fingerprint density at radius 2 is 2.18 bits per heavy atom. The Bertz CT molecular complexity index is 594. The summed E-state index contributed by atoms with van der Waals surface area (Å²) in [5.41, 5.74) is 0.612. The third-order valence-corrected chi connectivity index (χ3v) is 3.37. The standard InChI is InChI=1S/C9H11N5O2S/c1-7-10-4-2-8(13-7)6-12-17(15,16)9-3-5-11-14-9/h2-5,12H,6H2,1H3,(H,11,14). The first-order valence-corrected chi connectivity index (χ1v) is 6.34. The second-order valence-corrected chi connectivity index (χ2v) is 5.08. The van der Waals surface area contributed by atoms with Gasteiger partial charge in [-0.05, 0) is 19.1 Å². The lowest BCUT2D eigenvalue weighted by molar-refractivity contribution is 0.576. The molecule has 2 rings (SSSR count). The molecule has 8 heteroatoms. The molecule has 0 aliphatic rings. The van der Waals surface area contributed by atoms with Crippen LogP contribution in [0.3, 0.4) is 0 Å². The van der Waals surface area contributed by atoms with Gasteiger partial charge in [-0.2, -0.15) is 5.10 Å². The Morgan fingerprint density at radius 1 is 1.35 bits per heavy atom. The number of aromatic amines is 1. The molecule has 0 saturated heterocycles. The maximum Gasteiger partial charge on any atom is 0.257 e. The van der Waals surface area contributed by atoms with E-state index < -0.39 is 10.0 Å². The maximum absolute atomic E-state index is 11.7. The fourth-order valence-corrected chi connectivity index (χ4v) is 2.15. The van der Waals surface area contributed by atoms with E-state index in [1.807, 2.05) is 0 Å². The van der Waals surface area contributed by atoms with E-state index in [1.165, 1.54) is 12.3 Å². The second kappa shape index (κ2) is 4.60. The first-order chi connectivity index (χ1) is 8.08. The van der Waals surface area contributed by atoms with Gasteiger partial charge in [0.25, 0.3) is 10.0 Å². The van der Waals surface area contributed by atoms with Crippen molar-refractivity contribution < 1.29 is 8.42 Å². The number of sulfonamides is 1. The Hall–Kier alpha value is -1.80. The lowest BCUT2D eigenvalue weighted by atomic mass is 10.4. The van der Waals surface area contributed by atoms with Crippen molar-refractivity contribution in [2.24, 2.45) is 0 Å². The lowest BCUT2D eigenvalue weighted by Crippen LogP contribution is -2.24. The average molecular weight is 253 g/mol. The van der Waals surface area contributed by atoms with E-state index in [1.54, 1.807) is 19.2 Å². The van der Waals surface area contributed by atoms with Crippen molar-refractivity contribution >= 4 is 10.0 Å². The van der Waals surface area contributed by atoms with Crippen molar-refractivity contribution in [3.63, 3.8) is 0 Å². The van der Waals surface area contributed by atoms with Gasteiger partial charge in [0.05, 0.1) is 18.4 Å². The molecule has 0 aliphatic carbocycles. The minimum atomic E-state index is -3.56. The van der Waals surface area contributed by atoms with Crippen molar-refractivity contribution in [2.75, 3.05) is 0 Å². The normalized spacial score (nSPS) is 11.6. The number of hydrogen-bond donors (Lipinski definition) is 2. The summed E-state index contributed by atoms with van der Waals surface area (Å²) in [5, 5.41) is 6.01. The quantitative estimate of drug-likeness (QED) is 0.798. The van der Waals surface area contributed by atoms with Crippen molar-refractivity contribution in [3.05, 3.63) is 36.0 Å². The molecule has 2 aromatic heterocycles. The number of aryl methyl sites for hydroxylation is 1. The van der Waals surface area contributed by atoms with Crippen LogP contribution in [-0.4, -0.2) is 28.6 Å². The molecule has 0 saturated carbocycles. The topological polar surface area (TPSA) is 101 Å². The monoisotopic (exact) mass is 253 g/mol. The van der Waals surface area contributed by atoms with Crippen molar-refractivity contribution in [1.82, 2.24) is 24.9 Å². The van der Waals surface area contributed by atoms with E-state index in [0.29, 0.717) is 11.5 Å². The van der Waals surface area contributed by atoms with E-state index in [2.05, 4.69) is 24.9 Å². The summed E-state index contributed by atoms with van der Waals surface area (Å²) in [6.07, 6.45) is 2.96. The molecular weight excluding hydrogens is 242 g/mol. The summed E-state index contributed by atoms with van der Waals surface area (Å²) < 4.78 is 25.9. The zero-order valence-electron chi connectivity index (χ0n) is 9.08. The SMILES string of the molecule is Cc1nccc(CNS(=O)(=O)c2ccn[nH]2)n1. The van der Waals surface area contributed by atoms with Gasteiger partial charge in [0.1, 0.15) is 5.82 Å². The Morgan fingerprint density at radius 3 is 2.82 bits per heavy atom.